The first-order chi connectivity index (χ1) is 14.0. The number of halogens is 1. The van der Waals surface area contributed by atoms with Crippen molar-refractivity contribution in [2.24, 2.45) is 0 Å². The van der Waals surface area contributed by atoms with Crippen molar-refractivity contribution < 1.29 is 13.9 Å². The van der Waals surface area contributed by atoms with E-state index in [0.29, 0.717) is 13.1 Å². The average molecular weight is 397 g/mol. The molecule has 2 heterocycles. The Kier molecular flexibility index (Phi) is 5.97. The number of hydrogen-bond acceptors (Lipinski definition) is 3. The number of piperidine rings is 1. The van der Waals surface area contributed by atoms with Gasteiger partial charge in [-0.3, -0.25) is 4.79 Å². The Labute approximate surface area is 172 Å². The molecule has 0 saturated carbocycles. The molecule has 1 atom stereocenters. The molecule has 154 valence electrons. The van der Waals surface area contributed by atoms with Gasteiger partial charge in [0, 0.05) is 26.2 Å². The largest absolute Gasteiger partial charge is 0.360 e. The summed E-state index contributed by atoms with van der Waals surface area (Å²) in [5.41, 5.74) is 1.90. The molecule has 2 aromatic rings. The van der Waals surface area contributed by atoms with Gasteiger partial charge in [0.25, 0.3) is 5.91 Å². The average Bonchev–Trinajstić information content (AvgIpc) is 2.72. The lowest BCUT2D eigenvalue weighted by Gasteiger charge is -2.49. The van der Waals surface area contributed by atoms with E-state index in [0.717, 1.165) is 44.5 Å². The lowest BCUT2D eigenvalue weighted by atomic mass is 9.88. The number of benzene rings is 2. The second-order valence-electron chi connectivity index (χ2n) is 8.34. The fraction of sp³-hybridized carbons (Fsp3) is 0.458. The van der Waals surface area contributed by atoms with E-state index in [1.165, 1.54) is 17.7 Å². The normalized spacial score (nSPS) is 22.2. The second-order valence-corrected chi connectivity index (χ2v) is 8.34. The number of hydrogen-bond donors (Lipinski definition) is 0. The van der Waals surface area contributed by atoms with Crippen LogP contribution in [-0.4, -0.2) is 53.6 Å². The SMILES string of the molecule is CC1OC2(CCN(CCc3ccccc3)CC2)CN(Cc2cccc(F)c2)C1=O. The minimum Gasteiger partial charge on any atom is -0.360 e. The van der Waals surface area contributed by atoms with Gasteiger partial charge in [0.1, 0.15) is 11.9 Å². The van der Waals surface area contributed by atoms with Gasteiger partial charge in [-0.25, -0.2) is 4.39 Å². The summed E-state index contributed by atoms with van der Waals surface area (Å²) in [7, 11) is 0. The highest BCUT2D eigenvalue weighted by atomic mass is 19.1. The van der Waals surface area contributed by atoms with E-state index in [2.05, 4.69) is 29.2 Å². The van der Waals surface area contributed by atoms with Crippen LogP contribution in [0.25, 0.3) is 0 Å². The monoisotopic (exact) mass is 396 g/mol. The van der Waals surface area contributed by atoms with Crippen LogP contribution < -0.4 is 0 Å². The first-order valence-corrected chi connectivity index (χ1v) is 10.5. The van der Waals surface area contributed by atoms with Crippen molar-refractivity contribution in [1.82, 2.24) is 9.80 Å². The second kappa shape index (κ2) is 8.64. The van der Waals surface area contributed by atoms with Gasteiger partial charge >= 0.3 is 0 Å². The zero-order chi connectivity index (χ0) is 20.3. The van der Waals surface area contributed by atoms with Gasteiger partial charge in [-0.2, -0.15) is 0 Å². The highest BCUT2D eigenvalue weighted by Gasteiger charge is 2.45. The van der Waals surface area contributed by atoms with Gasteiger partial charge in [-0.15, -0.1) is 0 Å². The van der Waals surface area contributed by atoms with E-state index in [4.69, 9.17) is 4.74 Å². The van der Waals surface area contributed by atoms with Crippen molar-refractivity contribution in [3.63, 3.8) is 0 Å². The van der Waals surface area contributed by atoms with Crippen LogP contribution in [0.5, 0.6) is 0 Å². The third-order valence-corrected chi connectivity index (χ3v) is 6.15. The van der Waals surface area contributed by atoms with Crippen LogP contribution in [0.4, 0.5) is 4.39 Å². The summed E-state index contributed by atoms with van der Waals surface area (Å²) in [4.78, 5) is 17.0. The standard InChI is InChI=1S/C24H29FN2O2/c1-19-23(28)27(17-21-8-5-9-22(25)16-21)18-24(29-19)11-14-26(15-12-24)13-10-20-6-3-2-4-7-20/h2-9,16,19H,10-15,17-18H2,1H3. The van der Waals surface area contributed by atoms with E-state index in [1.807, 2.05) is 24.0 Å². The van der Waals surface area contributed by atoms with Crippen LogP contribution in [0.2, 0.25) is 0 Å². The minimum atomic E-state index is -0.451. The molecule has 0 aliphatic carbocycles. The molecule has 2 aromatic carbocycles. The molecule has 1 unspecified atom stereocenters. The fourth-order valence-electron chi connectivity index (χ4n) is 4.53. The molecular weight excluding hydrogens is 367 g/mol. The number of ether oxygens (including phenoxy) is 1. The van der Waals surface area contributed by atoms with Gasteiger partial charge < -0.3 is 14.5 Å². The third kappa shape index (κ3) is 4.85. The van der Waals surface area contributed by atoms with Gasteiger partial charge in [0.15, 0.2) is 0 Å². The molecule has 2 aliphatic rings. The molecule has 4 rings (SSSR count). The van der Waals surface area contributed by atoms with Gasteiger partial charge in [0.2, 0.25) is 0 Å². The van der Waals surface area contributed by atoms with Crippen molar-refractivity contribution in [2.45, 2.75) is 44.4 Å². The quantitative estimate of drug-likeness (QED) is 0.773. The molecule has 4 nitrogen and oxygen atoms in total. The fourth-order valence-corrected chi connectivity index (χ4v) is 4.53. The molecule has 2 fully saturated rings. The molecule has 0 aromatic heterocycles. The Morgan fingerprint density at radius 1 is 1.07 bits per heavy atom. The van der Waals surface area contributed by atoms with Crippen LogP contribution in [-0.2, 0) is 22.5 Å². The smallest absolute Gasteiger partial charge is 0.251 e. The highest BCUT2D eigenvalue weighted by molar-refractivity contribution is 5.81. The summed E-state index contributed by atoms with van der Waals surface area (Å²) < 4.78 is 19.8. The van der Waals surface area contributed by atoms with Crippen LogP contribution in [0.15, 0.2) is 54.6 Å². The Morgan fingerprint density at radius 3 is 2.52 bits per heavy atom. The molecule has 29 heavy (non-hydrogen) atoms. The number of rotatable bonds is 5. The number of carbonyl (C=O) groups is 1. The lowest BCUT2D eigenvalue weighted by molar-refractivity contribution is -0.190. The lowest BCUT2D eigenvalue weighted by Crippen LogP contribution is -2.61. The first kappa shape index (κ1) is 20.0. The molecule has 0 N–H and O–H groups in total. The Balaban J connectivity index is 1.36. The van der Waals surface area contributed by atoms with Crippen molar-refractivity contribution in [3.8, 4) is 0 Å². The Morgan fingerprint density at radius 2 is 1.79 bits per heavy atom. The van der Waals surface area contributed by atoms with Crippen molar-refractivity contribution >= 4 is 5.91 Å². The Hall–Kier alpha value is -2.24. The molecular formula is C24H29FN2O2. The highest BCUT2D eigenvalue weighted by Crippen LogP contribution is 2.33. The summed E-state index contributed by atoms with van der Waals surface area (Å²) in [6.07, 6.45) is 2.43. The van der Waals surface area contributed by atoms with E-state index in [1.54, 1.807) is 6.07 Å². The summed E-state index contributed by atoms with van der Waals surface area (Å²) in [6, 6.07) is 17.1. The molecule has 5 heteroatoms. The maximum absolute atomic E-state index is 13.5. The van der Waals surface area contributed by atoms with Crippen LogP contribution in [0.1, 0.15) is 30.9 Å². The van der Waals surface area contributed by atoms with Crippen LogP contribution in [0, 0.1) is 5.82 Å². The molecule has 1 spiro atoms. The first-order valence-electron chi connectivity index (χ1n) is 10.5. The predicted molar refractivity (Wildman–Crippen MR) is 111 cm³/mol. The minimum absolute atomic E-state index is 0.00797. The van der Waals surface area contributed by atoms with Gasteiger partial charge in [-0.1, -0.05) is 42.5 Å². The molecule has 0 radical (unpaired) electrons. The number of amides is 1. The number of carbonyl (C=O) groups excluding carboxylic acids is 1. The number of morpholine rings is 1. The molecule has 0 bridgehead atoms. The van der Waals surface area contributed by atoms with Crippen molar-refractivity contribution in [3.05, 3.63) is 71.5 Å². The molecule has 1 amide bonds. The maximum atomic E-state index is 13.5. The van der Waals surface area contributed by atoms with Gasteiger partial charge in [0.05, 0.1) is 12.1 Å². The van der Waals surface area contributed by atoms with E-state index in [-0.39, 0.29) is 17.3 Å². The zero-order valence-corrected chi connectivity index (χ0v) is 17.0. The molecule has 2 saturated heterocycles. The topological polar surface area (TPSA) is 32.8 Å². The van der Waals surface area contributed by atoms with Crippen molar-refractivity contribution in [1.29, 1.82) is 0 Å². The summed E-state index contributed by atoms with van der Waals surface area (Å²) >= 11 is 0. The van der Waals surface area contributed by atoms with E-state index in [9.17, 15) is 9.18 Å². The summed E-state index contributed by atoms with van der Waals surface area (Å²) in [5.74, 6) is -0.274. The summed E-state index contributed by atoms with van der Waals surface area (Å²) in [6.45, 7) is 5.84. The number of likely N-dealkylation sites (tertiary alicyclic amines) is 1. The van der Waals surface area contributed by atoms with Crippen molar-refractivity contribution in [2.75, 3.05) is 26.2 Å². The predicted octanol–water partition coefficient (Wildman–Crippen LogP) is 3.65. The zero-order valence-electron chi connectivity index (χ0n) is 17.0. The van der Waals surface area contributed by atoms with Crippen LogP contribution >= 0.6 is 0 Å². The Bertz CT molecular complexity index is 834. The third-order valence-electron chi connectivity index (χ3n) is 6.15. The maximum Gasteiger partial charge on any atom is 0.251 e. The summed E-state index contributed by atoms with van der Waals surface area (Å²) in [5, 5.41) is 0. The van der Waals surface area contributed by atoms with Gasteiger partial charge in [-0.05, 0) is 49.4 Å². The van der Waals surface area contributed by atoms with Crippen LogP contribution in [0.3, 0.4) is 0 Å². The van der Waals surface area contributed by atoms with E-state index >= 15 is 0 Å². The van der Waals surface area contributed by atoms with E-state index < -0.39 is 6.10 Å². The molecule has 2 aliphatic heterocycles. The number of nitrogens with zero attached hydrogens (tertiary/aromatic N) is 2.